The molecule has 69 heavy (non-hydrogen) atoms. The molecule has 3 heterocycles. The van der Waals surface area contributed by atoms with Crippen LogP contribution in [0, 0.1) is 18.2 Å². The maximum Gasteiger partial charge on any atom is 3.00 e. The van der Waals surface area contributed by atoms with Crippen molar-refractivity contribution in [2.24, 2.45) is 0 Å². The van der Waals surface area contributed by atoms with Crippen LogP contribution in [0.5, 0.6) is 0 Å². The van der Waals surface area contributed by atoms with Crippen LogP contribution in [0.1, 0.15) is 22.3 Å². The Bertz CT molecular complexity index is 3360. The standard InChI is InChI=1S/C65H46N3.Ir/c1-2-10-50(11-3-1)55-32-33-57-44-58(35-34-56(57)43-55)59-36-39-68-65(45-59)54-30-28-51(29-31-54)61-12-4-5-13-62(61)60-41-48(18-16-46-20-24-52(25-21-46)63-14-6-8-37-66-63)40-49(42-60)19-17-47-22-26-53(27-23-47)64-15-7-9-38-67-64;/h1-15,20-24,26,28-30,32-45H,16-19H2;/q-3;+3. The van der Waals surface area contributed by atoms with Gasteiger partial charge in [-0.05, 0) is 116 Å². The average Bonchev–Trinajstić information content (AvgIpc) is 3.42. The maximum atomic E-state index is 4.80. The van der Waals surface area contributed by atoms with Crippen LogP contribution in [-0.4, -0.2) is 15.0 Å². The van der Waals surface area contributed by atoms with Gasteiger partial charge in [-0.1, -0.05) is 151 Å². The topological polar surface area (TPSA) is 38.7 Å². The number of aromatic nitrogens is 3. The third-order valence-corrected chi connectivity index (χ3v) is 12.8. The minimum Gasteiger partial charge on any atom is -0.305 e. The fraction of sp³-hybridized carbons (Fsp3) is 0.0615. The summed E-state index contributed by atoms with van der Waals surface area (Å²) >= 11 is 0. The van der Waals surface area contributed by atoms with Gasteiger partial charge in [-0.25, -0.2) is 0 Å². The molecule has 11 rings (SSSR count). The van der Waals surface area contributed by atoms with E-state index in [2.05, 4.69) is 204 Å². The summed E-state index contributed by atoms with van der Waals surface area (Å²) in [6.45, 7) is 0. The molecule has 3 nitrogen and oxygen atoms in total. The fourth-order valence-electron chi connectivity index (χ4n) is 9.10. The number of rotatable bonds is 13. The second kappa shape index (κ2) is 21.0. The van der Waals surface area contributed by atoms with Crippen molar-refractivity contribution in [2.45, 2.75) is 25.7 Å². The van der Waals surface area contributed by atoms with Crippen molar-refractivity contribution in [1.29, 1.82) is 0 Å². The first-order valence-electron chi connectivity index (χ1n) is 23.3. The molecule has 0 aliphatic heterocycles. The van der Waals surface area contributed by atoms with E-state index in [-0.39, 0.29) is 20.1 Å². The monoisotopic (exact) mass is 1060 g/mol. The van der Waals surface area contributed by atoms with Gasteiger partial charge in [0.1, 0.15) is 0 Å². The molecule has 330 valence electrons. The molecule has 8 aromatic carbocycles. The van der Waals surface area contributed by atoms with Crippen molar-refractivity contribution in [2.75, 3.05) is 0 Å². The zero-order valence-electron chi connectivity index (χ0n) is 37.9. The number of aryl methyl sites for hydroxylation is 4. The van der Waals surface area contributed by atoms with Gasteiger partial charge in [-0.15, -0.1) is 101 Å². The third kappa shape index (κ3) is 10.5. The summed E-state index contributed by atoms with van der Waals surface area (Å²) < 4.78 is 0. The van der Waals surface area contributed by atoms with E-state index in [1.54, 1.807) is 0 Å². The first-order chi connectivity index (χ1) is 33.6. The Kier molecular flexibility index (Phi) is 13.6. The van der Waals surface area contributed by atoms with Gasteiger partial charge >= 0.3 is 20.1 Å². The molecule has 0 amide bonds. The van der Waals surface area contributed by atoms with Crippen LogP contribution in [0.25, 0.3) is 89.1 Å². The molecular formula is C65H46IrN3. The van der Waals surface area contributed by atoms with E-state index in [1.165, 1.54) is 60.8 Å². The summed E-state index contributed by atoms with van der Waals surface area (Å²) in [5, 5.41) is 2.43. The van der Waals surface area contributed by atoms with Crippen molar-refractivity contribution < 1.29 is 20.1 Å². The minimum absolute atomic E-state index is 0. The summed E-state index contributed by atoms with van der Waals surface area (Å²) in [5.74, 6) is 0. The van der Waals surface area contributed by atoms with Crippen LogP contribution in [-0.2, 0) is 45.8 Å². The largest absolute Gasteiger partial charge is 3.00 e. The van der Waals surface area contributed by atoms with E-state index in [1.807, 2.05) is 55.0 Å². The van der Waals surface area contributed by atoms with Crippen molar-refractivity contribution in [3.63, 3.8) is 0 Å². The Balaban J connectivity index is 0.00000553. The molecule has 0 spiro atoms. The predicted octanol–water partition coefficient (Wildman–Crippen LogP) is 15.7. The Morgan fingerprint density at radius 3 is 1.32 bits per heavy atom. The molecule has 0 unspecified atom stereocenters. The van der Waals surface area contributed by atoms with Gasteiger partial charge in [0.05, 0.1) is 0 Å². The van der Waals surface area contributed by atoms with Crippen molar-refractivity contribution in [3.05, 3.63) is 271 Å². The molecule has 0 aliphatic carbocycles. The van der Waals surface area contributed by atoms with Crippen molar-refractivity contribution >= 4 is 10.8 Å². The van der Waals surface area contributed by atoms with E-state index in [9.17, 15) is 0 Å². The Morgan fingerprint density at radius 2 is 0.768 bits per heavy atom. The predicted molar refractivity (Wildman–Crippen MR) is 280 cm³/mol. The van der Waals surface area contributed by atoms with Crippen LogP contribution >= 0.6 is 0 Å². The zero-order chi connectivity index (χ0) is 45.5. The summed E-state index contributed by atoms with van der Waals surface area (Å²) in [4.78, 5) is 13.8. The molecule has 0 saturated heterocycles. The summed E-state index contributed by atoms with van der Waals surface area (Å²) in [6, 6.07) is 86.0. The number of fused-ring (bicyclic) bond motifs is 1. The van der Waals surface area contributed by atoms with E-state index < -0.39 is 0 Å². The molecule has 0 fully saturated rings. The minimum atomic E-state index is 0. The Hall–Kier alpha value is -7.88. The SMILES string of the molecule is [Ir+3].[c-]1cc(CCc2cc(CCc3c[c-]c(-c4ccccn4)cc3)cc(-c3ccccc3-c3c[c-]c(-c4cc(-c5ccc6cc(-c7ccccc7)ccc6c5)ccn4)cc3)c2)ccc1-c1ccccn1. The average molecular weight is 1060 g/mol. The van der Waals surface area contributed by atoms with E-state index in [0.717, 1.165) is 76.1 Å². The Morgan fingerprint density at radius 1 is 0.290 bits per heavy atom. The maximum absolute atomic E-state index is 4.80. The first-order valence-corrected chi connectivity index (χ1v) is 23.3. The molecule has 0 N–H and O–H groups in total. The number of hydrogen-bond donors (Lipinski definition) is 0. The van der Waals surface area contributed by atoms with E-state index in [0.29, 0.717) is 0 Å². The molecule has 0 bridgehead atoms. The van der Waals surface area contributed by atoms with Crippen LogP contribution < -0.4 is 0 Å². The first kappa shape index (κ1) is 44.9. The zero-order valence-corrected chi connectivity index (χ0v) is 40.3. The molecule has 0 radical (unpaired) electrons. The van der Waals surface area contributed by atoms with E-state index in [4.69, 9.17) is 4.98 Å². The van der Waals surface area contributed by atoms with Crippen LogP contribution in [0.4, 0.5) is 0 Å². The van der Waals surface area contributed by atoms with Crippen molar-refractivity contribution in [3.8, 4) is 78.3 Å². The summed E-state index contributed by atoms with van der Waals surface area (Å²) in [7, 11) is 0. The van der Waals surface area contributed by atoms with Gasteiger partial charge in [0.15, 0.2) is 0 Å². The molecule has 0 atom stereocenters. The molecule has 3 aromatic heterocycles. The summed E-state index contributed by atoms with van der Waals surface area (Å²) in [5.41, 5.74) is 20.3. The molecule has 0 aliphatic rings. The molecule has 4 heteroatoms. The number of pyridine rings is 3. The van der Waals surface area contributed by atoms with Crippen molar-refractivity contribution in [1.82, 2.24) is 15.0 Å². The van der Waals surface area contributed by atoms with Gasteiger partial charge in [0, 0.05) is 18.6 Å². The summed E-state index contributed by atoms with van der Waals surface area (Å²) in [6.07, 6.45) is 9.21. The number of hydrogen-bond acceptors (Lipinski definition) is 3. The smallest absolute Gasteiger partial charge is 0.305 e. The normalized spacial score (nSPS) is 11.0. The van der Waals surface area contributed by atoms with Gasteiger partial charge in [-0.3, -0.25) is 0 Å². The Labute approximate surface area is 418 Å². The molecule has 11 aromatic rings. The van der Waals surface area contributed by atoms with Gasteiger partial charge in [0.25, 0.3) is 0 Å². The third-order valence-electron chi connectivity index (χ3n) is 12.8. The fourth-order valence-corrected chi connectivity index (χ4v) is 9.10. The number of nitrogens with zero attached hydrogens (tertiary/aromatic N) is 3. The second-order valence-electron chi connectivity index (χ2n) is 17.3. The molecular weight excluding hydrogens is 1010 g/mol. The van der Waals surface area contributed by atoms with Crippen LogP contribution in [0.3, 0.4) is 0 Å². The quantitative estimate of drug-likeness (QED) is 0.108. The van der Waals surface area contributed by atoms with Crippen LogP contribution in [0.15, 0.2) is 231 Å². The number of benzene rings is 8. The molecule has 0 saturated carbocycles. The van der Waals surface area contributed by atoms with Gasteiger partial charge < -0.3 is 15.0 Å². The second-order valence-corrected chi connectivity index (χ2v) is 17.3. The van der Waals surface area contributed by atoms with Gasteiger partial charge in [-0.2, -0.15) is 0 Å². The van der Waals surface area contributed by atoms with E-state index >= 15 is 0 Å². The van der Waals surface area contributed by atoms with Gasteiger partial charge in [0.2, 0.25) is 0 Å². The van der Waals surface area contributed by atoms with Crippen LogP contribution in [0.2, 0.25) is 0 Å².